The first-order chi connectivity index (χ1) is 12.9. The van der Waals surface area contributed by atoms with Gasteiger partial charge in [0, 0.05) is 0 Å². The minimum Gasteiger partial charge on any atom is -0.508 e. The summed E-state index contributed by atoms with van der Waals surface area (Å²) in [5.74, 6) is 1.56. The molecule has 0 fully saturated rings. The first-order valence-electron chi connectivity index (χ1n) is 9.12. The number of ether oxygens (including phenoxy) is 1. The molecule has 1 amide bonds. The average Bonchev–Trinajstić information content (AvgIpc) is 2.66. The maximum atomic E-state index is 10.8. The molecule has 0 heterocycles. The predicted molar refractivity (Wildman–Crippen MR) is 106 cm³/mol. The van der Waals surface area contributed by atoms with E-state index in [0.717, 1.165) is 28.9 Å². The molecular formula is C21H29NO5. The predicted octanol–water partition coefficient (Wildman–Crippen LogP) is 4.25. The van der Waals surface area contributed by atoms with Crippen molar-refractivity contribution in [2.24, 2.45) is 0 Å². The molecule has 0 radical (unpaired) electrons. The van der Waals surface area contributed by atoms with Gasteiger partial charge in [0.15, 0.2) is 0 Å². The lowest BCUT2D eigenvalue weighted by Gasteiger charge is -2.18. The Morgan fingerprint density at radius 3 is 2.33 bits per heavy atom. The molecule has 2 rings (SSSR count). The van der Waals surface area contributed by atoms with E-state index in [1.807, 2.05) is 39.8 Å². The number of phenolic OH excluding ortho intramolecular Hbond substituents is 1. The van der Waals surface area contributed by atoms with Crippen molar-refractivity contribution in [1.82, 2.24) is 5.32 Å². The van der Waals surface area contributed by atoms with Crippen molar-refractivity contribution in [3.63, 3.8) is 0 Å². The van der Waals surface area contributed by atoms with Gasteiger partial charge in [-0.2, -0.15) is 0 Å². The lowest BCUT2D eigenvalue weighted by molar-refractivity contribution is 0.177. The average molecular weight is 375 g/mol. The van der Waals surface area contributed by atoms with Crippen molar-refractivity contribution in [2.75, 3.05) is 6.61 Å². The maximum absolute atomic E-state index is 10.8. The van der Waals surface area contributed by atoms with Gasteiger partial charge in [-0.15, -0.1) is 0 Å². The number of carboxylic acid groups (broad SMARTS) is 1. The van der Waals surface area contributed by atoms with Crippen LogP contribution in [-0.2, 0) is 12.8 Å². The van der Waals surface area contributed by atoms with Gasteiger partial charge in [0.2, 0.25) is 0 Å². The number of aromatic hydroxyl groups is 1. The summed E-state index contributed by atoms with van der Waals surface area (Å²) < 4.78 is 5.97. The summed E-state index contributed by atoms with van der Waals surface area (Å²) in [6, 6.07) is 9.87. The summed E-state index contributed by atoms with van der Waals surface area (Å²) in [5.41, 5.74) is 2.85. The van der Waals surface area contributed by atoms with Crippen LogP contribution in [0.5, 0.6) is 17.2 Å². The van der Waals surface area contributed by atoms with Gasteiger partial charge < -0.3 is 25.4 Å². The number of aliphatic hydroxyl groups excluding tert-OH is 1. The van der Waals surface area contributed by atoms with Crippen LogP contribution in [0, 0.1) is 6.92 Å². The highest BCUT2D eigenvalue weighted by atomic mass is 16.5. The third-order valence-electron chi connectivity index (χ3n) is 3.88. The van der Waals surface area contributed by atoms with Gasteiger partial charge in [-0.25, -0.2) is 4.79 Å². The summed E-state index contributed by atoms with van der Waals surface area (Å²) >= 11 is 0. The Morgan fingerprint density at radius 2 is 1.81 bits per heavy atom. The molecule has 0 saturated carbocycles. The summed E-state index contributed by atoms with van der Waals surface area (Å²) in [6.45, 7) is 7.68. The molecule has 27 heavy (non-hydrogen) atoms. The van der Waals surface area contributed by atoms with Crippen molar-refractivity contribution in [2.45, 2.75) is 46.6 Å². The van der Waals surface area contributed by atoms with Gasteiger partial charge in [0.1, 0.15) is 17.2 Å². The molecule has 6 heteroatoms. The highest BCUT2D eigenvalue weighted by Crippen LogP contribution is 2.31. The fourth-order valence-electron chi connectivity index (χ4n) is 2.71. The van der Waals surface area contributed by atoms with E-state index < -0.39 is 12.1 Å². The zero-order valence-electron chi connectivity index (χ0n) is 16.3. The van der Waals surface area contributed by atoms with Crippen molar-refractivity contribution < 1.29 is 24.9 Å². The first-order valence-corrected chi connectivity index (χ1v) is 9.12. The number of aryl methyl sites for hydroxylation is 2. The van der Waals surface area contributed by atoms with Crippen LogP contribution in [0.25, 0.3) is 0 Å². The summed E-state index contributed by atoms with van der Waals surface area (Å²) in [7, 11) is 0. The molecule has 148 valence electrons. The molecule has 0 aliphatic carbocycles. The molecular weight excluding hydrogens is 346 g/mol. The second-order valence-electron chi connectivity index (χ2n) is 5.88. The van der Waals surface area contributed by atoms with Crippen LogP contribution < -0.4 is 10.1 Å². The molecule has 2 aromatic carbocycles. The van der Waals surface area contributed by atoms with Gasteiger partial charge in [-0.1, -0.05) is 32.9 Å². The Kier molecular flexibility index (Phi) is 9.16. The summed E-state index contributed by atoms with van der Waals surface area (Å²) in [5, 5.41) is 29.8. The fourth-order valence-corrected chi connectivity index (χ4v) is 2.71. The van der Waals surface area contributed by atoms with Crippen LogP contribution in [0.15, 0.2) is 36.4 Å². The Morgan fingerprint density at radius 1 is 1.19 bits per heavy atom. The zero-order valence-corrected chi connectivity index (χ0v) is 16.3. The zero-order chi connectivity index (χ0) is 20.4. The quantitative estimate of drug-likeness (QED) is 0.580. The van der Waals surface area contributed by atoms with Crippen LogP contribution >= 0.6 is 0 Å². The summed E-state index contributed by atoms with van der Waals surface area (Å²) in [6.07, 6.45) is -0.00672. The lowest BCUT2D eigenvalue weighted by atomic mass is 9.98. The molecule has 6 nitrogen and oxygen atoms in total. The molecule has 1 unspecified atom stereocenters. The number of nitrogens with one attached hydrogen (secondary N) is 1. The molecule has 0 spiro atoms. The number of rotatable bonds is 7. The number of carbonyl (C=O) groups is 1. The van der Waals surface area contributed by atoms with Crippen molar-refractivity contribution in [1.29, 1.82) is 0 Å². The largest absolute Gasteiger partial charge is 0.508 e. The molecule has 4 N–H and O–H groups in total. The molecule has 0 saturated heterocycles. The number of hydrogen-bond donors (Lipinski definition) is 4. The maximum Gasteiger partial charge on any atom is 0.404 e. The van der Waals surface area contributed by atoms with Crippen LogP contribution in [-0.4, -0.2) is 34.1 Å². The topological polar surface area (TPSA) is 99.0 Å². The van der Waals surface area contributed by atoms with Gasteiger partial charge >= 0.3 is 6.09 Å². The molecule has 2 aromatic rings. The molecule has 0 aliphatic rings. The Hall–Kier alpha value is -2.73. The number of benzene rings is 2. The second kappa shape index (κ2) is 11.1. The molecule has 1 atom stereocenters. The third kappa shape index (κ3) is 6.83. The second-order valence-corrected chi connectivity index (χ2v) is 5.88. The van der Waals surface area contributed by atoms with E-state index in [-0.39, 0.29) is 12.4 Å². The molecule has 0 bridgehead atoms. The van der Waals surface area contributed by atoms with Crippen molar-refractivity contribution in [3.05, 3.63) is 53.1 Å². The summed E-state index contributed by atoms with van der Waals surface area (Å²) in [4.78, 5) is 10.8. The van der Waals surface area contributed by atoms with Gasteiger partial charge in [-0.05, 0) is 60.7 Å². The minimum atomic E-state index is -1.15. The SMILES string of the molecule is CC.CCc1cc(CC(CO)NC(=O)O)cc(C)c1Oc1ccc(O)cc1. The number of phenols is 1. The van der Waals surface area contributed by atoms with E-state index in [1.54, 1.807) is 24.3 Å². The Labute approximate surface area is 160 Å². The third-order valence-corrected chi connectivity index (χ3v) is 3.88. The van der Waals surface area contributed by atoms with Crippen LogP contribution in [0.3, 0.4) is 0 Å². The normalized spacial score (nSPS) is 11.1. The van der Waals surface area contributed by atoms with Crippen LogP contribution in [0.2, 0.25) is 0 Å². The molecule has 0 aliphatic heterocycles. The van der Waals surface area contributed by atoms with E-state index in [2.05, 4.69) is 5.32 Å². The highest BCUT2D eigenvalue weighted by molar-refractivity contribution is 5.65. The number of amides is 1. The van der Waals surface area contributed by atoms with Crippen LogP contribution in [0.1, 0.15) is 37.5 Å². The Bertz CT molecular complexity index is 728. The fraction of sp³-hybridized carbons (Fsp3) is 0.381. The van der Waals surface area contributed by atoms with E-state index in [4.69, 9.17) is 9.84 Å². The van der Waals surface area contributed by atoms with E-state index >= 15 is 0 Å². The van der Waals surface area contributed by atoms with Crippen molar-refractivity contribution >= 4 is 6.09 Å². The number of hydrogen-bond acceptors (Lipinski definition) is 4. The monoisotopic (exact) mass is 375 g/mol. The number of aliphatic hydroxyl groups is 1. The van der Waals surface area contributed by atoms with Gasteiger partial charge in [-0.3, -0.25) is 0 Å². The van der Waals surface area contributed by atoms with Gasteiger partial charge in [0.25, 0.3) is 0 Å². The smallest absolute Gasteiger partial charge is 0.404 e. The Balaban J connectivity index is 0.00000176. The van der Waals surface area contributed by atoms with E-state index in [1.165, 1.54) is 0 Å². The van der Waals surface area contributed by atoms with Gasteiger partial charge in [0.05, 0.1) is 12.6 Å². The highest BCUT2D eigenvalue weighted by Gasteiger charge is 2.15. The standard InChI is InChI=1S/C19H23NO5.C2H6/c1-3-14-9-13(10-15(11-21)20-19(23)24)8-12(2)18(14)25-17-6-4-16(22)5-7-17;1-2/h4-9,15,20-22H,3,10-11H2,1-2H3,(H,23,24);1-2H3. The minimum absolute atomic E-state index is 0.177. The van der Waals surface area contributed by atoms with Crippen molar-refractivity contribution in [3.8, 4) is 17.2 Å². The first kappa shape index (κ1) is 22.3. The van der Waals surface area contributed by atoms with E-state index in [9.17, 15) is 15.0 Å². The van der Waals surface area contributed by atoms with Crippen LogP contribution in [0.4, 0.5) is 4.79 Å². The van der Waals surface area contributed by atoms with E-state index in [0.29, 0.717) is 12.2 Å². The molecule has 0 aromatic heterocycles. The lowest BCUT2D eigenvalue weighted by Crippen LogP contribution is -2.38.